The fourth-order valence-electron chi connectivity index (χ4n) is 1.80. The molecule has 1 amide bonds. The molecule has 3 aromatic rings. The van der Waals surface area contributed by atoms with Gasteiger partial charge in [-0.05, 0) is 29.4 Å². The molecule has 0 bridgehead atoms. The van der Waals surface area contributed by atoms with Crippen LogP contribution < -0.4 is 15.4 Å². The van der Waals surface area contributed by atoms with E-state index in [2.05, 4.69) is 20.8 Å². The van der Waals surface area contributed by atoms with Gasteiger partial charge in [-0.15, -0.1) is 0 Å². The van der Waals surface area contributed by atoms with Crippen LogP contribution in [0, 0.1) is 0 Å². The van der Waals surface area contributed by atoms with E-state index in [1.807, 2.05) is 18.2 Å². The summed E-state index contributed by atoms with van der Waals surface area (Å²) in [6.45, 7) is 0.890. The van der Waals surface area contributed by atoms with Gasteiger partial charge < -0.3 is 24.3 Å². The fraction of sp³-hybridized carbons (Fsp3) is 0.133. The van der Waals surface area contributed by atoms with E-state index in [0.29, 0.717) is 24.6 Å². The number of amides is 1. The molecule has 0 radical (unpaired) electrons. The Labute approximate surface area is 131 Å². The van der Waals surface area contributed by atoms with E-state index in [9.17, 15) is 4.79 Å². The molecule has 0 unspecified atom stereocenters. The molecule has 0 saturated carbocycles. The molecule has 3 rings (SSSR count). The van der Waals surface area contributed by atoms with Crippen molar-refractivity contribution >= 4 is 11.9 Å². The summed E-state index contributed by atoms with van der Waals surface area (Å²) >= 11 is 0. The van der Waals surface area contributed by atoms with Crippen molar-refractivity contribution in [3.05, 3.63) is 48.9 Å². The number of furan rings is 1. The van der Waals surface area contributed by atoms with Gasteiger partial charge in [0.25, 0.3) is 5.88 Å². The summed E-state index contributed by atoms with van der Waals surface area (Å²) in [5.74, 6) is 1.69. The number of pyridine rings is 1. The molecular formula is C15H14N4O4. The summed E-state index contributed by atoms with van der Waals surface area (Å²) in [4.78, 5) is 15.7. The Bertz CT molecular complexity index is 740. The van der Waals surface area contributed by atoms with Gasteiger partial charge in [0.2, 0.25) is 5.76 Å². The molecule has 2 N–H and O–H groups in total. The number of nitrogens with one attached hydrogen (secondary N) is 2. The number of aromatic nitrogens is 2. The first kappa shape index (κ1) is 14.6. The number of hydrogen-bond acceptors (Lipinski definition) is 7. The summed E-state index contributed by atoms with van der Waals surface area (Å²) in [5.41, 5.74) is 0. The molecule has 8 nitrogen and oxygen atoms in total. The molecule has 0 aliphatic carbocycles. The van der Waals surface area contributed by atoms with Gasteiger partial charge in [0.05, 0.1) is 12.3 Å². The van der Waals surface area contributed by atoms with Gasteiger partial charge in [0, 0.05) is 19.3 Å². The van der Waals surface area contributed by atoms with Crippen LogP contribution in [0.4, 0.5) is 10.6 Å². The third kappa shape index (κ3) is 4.10. The second kappa shape index (κ2) is 7.12. The average molecular weight is 314 g/mol. The third-order valence-electron chi connectivity index (χ3n) is 2.82. The van der Waals surface area contributed by atoms with Crippen LogP contribution >= 0.6 is 0 Å². The predicted molar refractivity (Wildman–Crippen MR) is 81.0 cm³/mol. The van der Waals surface area contributed by atoms with Gasteiger partial charge >= 0.3 is 6.09 Å². The standard InChI is InChI=1S/C15H14N4O4/c20-15(18-8-7-17-13-5-1-2-6-16-13)22-14-10-12(23-19-14)11-4-3-9-21-11/h1-6,9-10H,7-8H2,(H,16,17)(H,18,20). The first-order chi connectivity index (χ1) is 11.3. The first-order valence-electron chi connectivity index (χ1n) is 6.92. The van der Waals surface area contributed by atoms with Crippen molar-refractivity contribution in [2.75, 3.05) is 18.4 Å². The summed E-state index contributed by atoms with van der Waals surface area (Å²) < 4.78 is 15.2. The molecular weight excluding hydrogens is 300 g/mol. The third-order valence-corrected chi connectivity index (χ3v) is 2.82. The minimum atomic E-state index is -0.618. The zero-order chi connectivity index (χ0) is 15.9. The normalized spacial score (nSPS) is 10.3. The van der Waals surface area contributed by atoms with Crippen molar-refractivity contribution in [2.45, 2.75) is 0 Å². The number of rotatable bonds is 6. The average Bonchev–Trinajstić information content (AvgIpc) is 3.24. The summed E-state index contributed by atoms with van der Waals surface area (Å²) in [6, 6.07) is 10.5. The van der Waals surface area contributed by atoms with Gasteiger partial charge in [0.15, 0.2) is 5.76 Å². The van der Waals surface area contributed by atoms with E-state index in [1.165, 1.54) is 12.3 Å². The molecule has 3 aromatic heterocycles. The monoisotopic (exact) mass is 314 g/mol. The van der Waals surface area contributed by atoms with E-state index in [4.69, 9.17) is 13.7 Å². The molecule has 0 saturated heterocycles. The Kier molecular flexibility index (Phi) is 4.53. The maximum atomic E-state index is 11.6. The lowest BCUT2D eigenvalue weighted by atomic mass is 10.3. The molecule has 23 heavy (non-hydrogen) atoms. The lowest BCUT2D eigenvalue weighted by Crippen LogP contribution is -2.31. The summed E-state index contributed by atoms with van der Waals surface area (Å²) in [7, 11) is 0. The maximum Gasteiger partial charge on any atom is 0.414 e. The Morgan fingerprint density at radius 1 is 1.17 bits per heavy atom. The summed E-state index contributed by atoms with van der Waals surface area (Å²) in [5, 5.41) is 9.29. The lowest BCUT2D eigenvalue weighted by Gasteiger charge is -2.06. The van der Waals surface area contributed by atoms with Gasteiger partial charge in [-0.1, -0.05) is 6.07 Å². The van der Waals surface area contributed by atoms with Crippen molar-refractivity contribution < 1.29 is 18.5 Å². The minimum absolute atomic E-state index is 0.0617. The van der Waals surface area contributed by atoms with Crippen molar-refractivity contribution in [3.8, 4) is 17.4 Å². The van der Waals surface area contributed by atoms with Gasteiger partial charge in [-0.25, -0.2) is 9.78 Å². The Balaban J connectivity index is 1.41. The zero-order valence-corrected chi connectivity index (χ0v) is 12.1. The van der Waals surface area contributed by atoms with Crippen LogP contribution in [0.1, 0.15) is 0 Å². The quantitative estimate of drug-likeness (QED) is 0.674. The van der Waals surface area contributed by atoms with Gasteiger partial charge in [-0.2, -0.15) is 0 Å². The number of carbonyl (C=O) groups excluding carboxylic acids is 1. The maximum absolute atomic E-state index is 11.6. The van der Waals surface area contributed by atoms with E-state index in [-0.39, 0.29) is 5.88 Å². The highest BCUT2D eigenvalue weighted by Crippen LogP contribution is 2.23. The highest BCUT2D eigenvalue weighted by molar-refractivity contribution is 5.70. The van der Waals surface area contributed by atoms with Gasteiger partial charge in [0.1, 0.15) is 5.82 Å². The second-order valence-electron chi connectivity index (χ2n) is 4.46. The van der Waals surface area contributed by atoms with Crippen LogP contribution in [0.2, 0.25) is 0 Å². The van der Waals surface area contributed by atoms with E-state index < -0.39 is 6.09 Å². The zero-order valence-electron chi connectivity index (χ0n) is 12.1. The van der Waals surface area contributed by atoms with Crippen LogP contribution in [0.15, 0.2) is 57.8 Å². The highest BCUT2D eigenvalue weighted by atomic mass is 16.6. The van der Waals surface area contributed by atoms with Crippen LogP contribution in [0.3, 0.4) is 0 Å². The first-order valence-corrected chi connectivity index (χ1v) is 6.92. The van der Waals surface area contributed by atoms with Crippen molar-refractivity contribution in [3.63, 3.8) is 0 Å². The van der Waals surface area contributed by atoms with Crippen molar-refractivity contribution in [2.24, 2.45) is 0 Å². The van der Waals surface area contributed by atoms with E-state index >= 15 is 0 Å². The Morgan fingerprint density at radius 3 is 2.91 bits per heavy atom. The molecule has 0 spiro atoms. The smallest absolute Gasteiger partial charge is 0.414 e. The minimum Gasteiger partial charge on any atom is -0.461 e. The van der Waals surface area contributed by atoms with E-state index in [0.717, 1.165) is 5.82 Å². The second-order valence-corrected chi connectivity index (χ2v) is 4.46. The number of carbonyl (C=O) groups is 1. The largest absolute Gasteiger partial charge is 0.461 e. The summed E-state index contributed by atoms with van der Waals surface area (Å²) in [6.07, 6.45) is 2.58. The SMILES string of the molecule is O=C(NCCNc1ccccn1)Oc1cc(-c2ccco2)on1. The van der Waals surface area contributed by atoms with Crippen LogP contribution in [0.25, 0.3) is 11.5 Å². The highest BCUT2D eigenvalue weighted by Gasteiger charge is 2.12. The molecule has 0 aromatic carbocycles. The number of hydrogen-bond donors (Lipinski definition) is 2. The molecule has 8 heteroatoms. The van der Waals surface area contributed by atoms with E-state index in [1.54, 1.807) is 18.3 Å². The van der Waals surface area contributed by atoms with Crippen LogP contribution in [-0.4, -0.2) is 29.3 Å². The fourth-order valence-corrected chi connectivity index (χ4v) is 1.80. The number of ether oxygens (including phenoxy) is 1. The molecule has 118 valence electrons. The molecule has 0 fully saturated rings. The number of nitrogens with zero attached hydrogens (tertiary/aromatic N) is 2. The lowest BCUT2D eigenvalue weighted by molar-refractivity contribution is 0.196. The molecule has 3 heterocycles. The Hall–Kier alpha value is -3.29. The topological polar surface area (TPSA) is 102 Å². The van der Waals surface area contributed by atoms with Crippen LogP contribution in [0.5, 0.6) is 5.88 Å². The van der Waals surface area contributed by atoms with Crippen molar-refractivity contribution in [1.82, 2.24) is 15.5 Å². The molecule has 0 atom stereocenters. The Morgan fingerprint density at radius 2 is 2.13 bits per heavy atom. The van der Waals surface area contributed by atoms with Crippen LogP contribution in [-0.2, 0) is 0 Å². The van der Waals surface area contributed by atoms with Gasteiger partial charge in [-0.3, -0.25) is 0 Å². The molecule has 0 aliphatic heterocycles. The molecule has 0 aliphatic rings. The van der Waals surface area contributed by atoms with Crippen molar-refractivity contribution in [1.29, 1.82) is 0 Å². The predicted octanol–water partition coefficient (Wildman–Crippen LogP) is 2.53. The number of anilines is 1.